The van der Waals surface area contributed by atoms with E-state index in [2.05, 4.69) is 10.1 Å². The fourth-order valence-corrected chi connectivity index (χ4v) is 2.88. The number of nitrogens with two attached hydrogens (primary N) is 1. The molecule has 2 aromatic rings. The highest BCUT2D eigenvalue weighted by Gasteiger charge is 2.53. The van der Waals surface area contributed by atoms with Crippen molar-refractivity contribution in [1.29, 1.82) is 0 Å². The molecule has 9 nitrogen and oxygen atoms in total. The van der Waals surface area contributed by atoms with Gasteiger partial charge in [0.05, 0.1) is 11.6 Å². The summed E-state index contributed by atoms with van der Waals surface area (Å²) in [6.07, 6.45) is -2.00. The van der Waals surface area contributed by atoms with Gasteiger partial charge in [0.1, 0.15) is 42.4 Å². The van der Waals surface area contributed by atoms with Gasteiger partial charge in [-0.1, -0.05) is 13.8 Å². The quantitative estimate of drug-likeness (QED) is 0.660. The van der Waals surface area contributed by atoms with Crippen molar-refractivity contribution < 1.29 is 24.5 Å². The van der Waals surface area contributed by atoms with Gasteiger partial charge < -0.3 is 25.4 Å². The number of ether oxygens (including phenoxy) is 2. The SMILES string of the molecule is CC(C)C(=O)OC[C@@]1(C)O[C@@H](c2ccc3c(N)ncnn23)[C@H](O)[C@@H]1O. The average molecular weight is 350 g/mol. The monoisotopic (exact) mass is 350 g/mol. The Kier molecular flexibility index (Phi) is 4.40. The highest BCUT2D eigenvalue weighted by Crippen LogP contribution is 2.40. The normalized spacial score (nSPS) is 29.4. The van der Waals surface area contributed by atoms with Crippen molar-refractivity contribution in [2.75, 3.05) is 12.3 Å². The number of carbonyl (C=O) groups excluding carboxylic acids is 1. The molecule has 1 saturated heterocycles. The minimum absolute atomic E-state index is 0.167. The molecule has 0 aromatic carbocycles. The standard InChI is InChI=1S/C16H22N4O5/c1-8(2)15(23)24-6-16(3)13(22)11(21)12(25-16)9-4-5-10-14(17)18-7-19-20(9)10/h4-5,7-8,11-13,21-22H,6H2,1-3H3,(H2,17,18,19)/t11-,12-,13-,16+/m0/s1. The molecule has 4 N–H and O–H groups in total. The fraction of sp³-hybridized carbons (Fsp3) is 0.562. The number of nitrogen functional groups attached to an aromatic ring is 1. The van der Waals surface area contributed by atoms with Gasteiger partial charge >= 0.3 is 5.97 Å². The molecule has 4 atom stereocenters. The molecule has 0 aliphatic carbocycles. The topological polar surface area (TPSA) is 132 Å². The van der Waals surface area contributed by atoms with E-state index in [1.54, 1.807) is 32.9 Å². The second-order valence-corrected chi connectivity index (χ2v) is 6.75. The Hall–Kier alpha value is -2.23. The summed E-state index contributed by atoms with van der Waals surface area (Å²) in [6, 6.07) is 3.41. The number of aliphatic hydroxyl groups is 2. The summed E-state index contributed by atoms with van der Waals surface area (Å²) in [7, 11) is 0. The first kappa shape index (κ1) is 17.6. The largest absolute Gasteiger partial charge is 0.462 e. The molecule has 0 saturated carbocycles. The number of aromatic nitrogens is 3. The number of hydrogen-bond donors (Lipinski definition) is 3. The molecule has 25 heavy (non-hydrogen) atoms. The Morgan fingerprint density at radius 2 is 2.20 bits per heavy atom. The molecule has 0 radical (unpaired) electrons. The number of rotatable bonds is 4. The molecule has 0 spiro atoms. The molecule has 2 aromatic heterocycles. The number of esters is 1. The first-order valence-electron chi connectivity index (χ1n) is 8.03. The van der Waals surface area contributed by atoms with Gasteiger partial charge in [-0.2, -0.15) is 5.10 Å². The summed E-state index contributed by atoms with van der Waals surface area (Å²) in [5.41, 5.74) is 5.67. The van der Waals surface area contributed by atoms with Crippen LogP contribution in [0.3, 0.4) is 0 Å². The zero-order valence-corrected chi connectivity index (χ0v) is 14.3. The summed E-state index contributed by atoms with van der Waals surface area (Å²) in [5, 5.41) is 25.0. The van der Waals surface area contributed by atoms with Gasteiger partial charge in [0.15, 0.2) is 5.82 Å². The molecule has 1 fully saturated rings. The van der Waals surface area contributed by atoms with Gasteiger partial charge in [0.25, 0.3) is 0 Å². The van der Waals surface area contributed by atoms with E-state index in [0.717, 1.165) is 0 Å². The van der Waals surface area contributed by atoms with Crippen LogP contribution in [0.5, 0.6) is 0 Å². The zero-order valence-electron chi connectivity index (χ0n) is 14.3. The van der Waals surface area contributed by atoms with Gasteiger partial charge in [0.2, 0.25) is 0 Å². The molecule has 9 heteroatoms. The Morgan fingerprint density at radius 1 is 1.48 bits per heavy atom. The van der Waals surface area contributed by atoms with Crippen molar-refractivity contribution in [1.82, 2.24) is 14.6 Å². The number of fused-ring (bicyclic) bond motifs is 1. The third-order valence-electron chi connectivity index (χ3n) is 4.43. The Bertz CT molecular complexity index is 792. The maximum atomic E-state index is 11.7. The van der Waals surface area contributed by atoms with E-state index in [4.69, 9.17) is 15.2 Å². The lowest BCUT2D eigenvalue weighted by molar-refractivity contribution is -0.162. The third-order valence-corrected chi connectivity index (χ3v) is 4.43. The number of aliphatic hydroxyl groups excluding tert-OH is 2. The second kappa shape index (κ2) is 6.25. The van der Waals surface area contributed by atoms with Crippen LogP contribution in [0.2, 0.25) is 0 Å². The van der Waals surface area contributed by atoms with Crippen molar-refractivity contribution in [3.63, 3.8) is 0 Å². The van der Waals surface area contributed by atoms with Crippen molar-refractivity contribution in [2.45, 2.75) is 44.7 Å². The maximum Gasteiger partial charge on any atom is 0.308 e. The first-order chi connectivity index (χ1) is 11.7. The van der Waals surface area contributed by atoms with E-state index < -0.39 is 29.9 Å². The zero-order chi connectivity index (χ0) is 18.4. The highest BCUT2D eigenvalue weighted by molar-refractivity contribution is 5.71. The van der Waals surface area contributed by atoms with E-state index in [9.17, 15) is 15.0 Å². The number of hydrogen-bond acceptors (Lipinski definition) is 8. The first-order valence-corrected chi connectivity index (χ1v) is 8.03. The molecule has 1 aliphatic heterocycles. The van der Waals surface area contributed by atoms with Crippen LogP contribution in [-0.2, 0) is 14.3 Å². The summed E-state index contributed by atoms with van der Waals surface area (Å²) in [6.45, 7) is 4.85. The van der Waals surface area contributed by atoms with Crippen molar-refractivity contribution >= 4 is 17.3 Å². The Labute approximate surface area is 144 Å². The van der Waals surface area contributed by atoms with Crippen LogP contribution in [0.15, 0.2) is 18.5 Å². The van der Waals surface area contributed by atoms with Crippen LogP contribution in [0.4, 0.5) is 5.82 Å². The van der Waals surface area contributed by atoms with Gasteiger partial charge in [-0.15, -0.1) is 0 Å². The lowest BCUT2D eigenvalue weighted by atomic mass is 9.97. The molecule has 3 rings (SSSR count). The Balaban J connectivity index is 1.86. The van der Waals surface area contributed by atoms with Crippen LogP contribution >= 0.6 is 0 Å². The molecule has 0 amide bonds. The molecule has 3 heterocycles. The van der Waals surface area contributed by atoms with Crippen molar-refractivity contribution in [3.05, 3.63) is 24.2 Å². The summed E-state index contributed by atoms with van der Waals surface area (Å²) < 4.78 is 12.6. The summed E-state index contributed by atoms with van der Waals surface area (Å²) >= 11 is 0. The van der Waals surface area contributed by atoms with Gasteiger partial charge in [-0.25, -0.2) is 9.50 Å². The highest BCUT2D eigenvalue weighted by atomic mass is 16.6. The second-order valence-electron chi connectivity index (χ2n) is 6.75. The van der Waals surface area contributed by atoms with Crippen molar-refractivity contribution in [2.24, 2.45) is 5.92 Å². The molecular weight excluding hydrogens is 328 g/mol. The summed E-state index contributed by atoms with van der Waals surface area (Å²) in [5.74, 6) is -0.399. The number of anilines is 1. The third kappa shape index (κ3) is 2.94. The van der Waals surface area contributed by atoms with Crippen LogP contribution in [0, 0.1) is 5.92 Å². The van der Waals surface area contributed by atoms with E-state index in [1.165, 1.54) is 10.8 Å². The average Bonchev–Trinajstić information content (AvgIpc) is 3.09. The lowest BCUT2D eigenvalue weighted by Crippen LogP contribution is -2.45. The predicted molar refractivity (Wildman–Crippen MR) is 87.4 cm³/mol. The molecule has 0 unspecified atom stereocenters. The van der Waals surface area contributed by atoms with E-state index in [-0.39, 0.29) is 12.5 Å². The molecule has 136 valence electrons. The van der Waals surface area contributed by atoms with E-state index >= 15 is 0 Å². The molecule has 0 bridgehead atoms. The Morgan fingerprint density at radius 3 is 2.88 bits per heavy atom. The van der Waals surface area contributed by atoms with Crippen LogP contribution in [0.25, 0.3) is 5.52 Å². The van der Waals surface area contributed by atoms with Crippen LogP contribution in [-0.4, -0.2) is 55.2 Å². The minimum atomic E-state index is -1.24. The predicted octanol–water partition coefficient (Wildman–Crippen LogP) is 0.0625. The number of nitrogens with zero attached hydrogens (tertiary/aromatic N) is 3. The van der Waals surface area contributed by atoms with E-state index in [1.807, 2.05) is 0 Å². The minimum Gasteiger partial charge on any atom is -0.462 e. The fourth-order valence-electron chi connectivity index (χ4n) is 2.88. The summed E-state index contributed by atoms with van der Waals surface area (Å²) in [4.78, 5) is 15.6. The van der Waals surface area contributed by atoms with Gasteiger partial charge in [0, 0.05) is 0 Å². The van der Waals surface area contributed by atoms with Gasteiger partial charge in [-0.3, -0.25) is 4.79 Å². The van der Waals surface area contributed by atoms with E-state index in [0.29, 0.717) is 17.0 Å². The molecule has 1 aliphatic rings. The van der Waals surface area contributed by atoms with Crippen molar-refractivity contribution in [3.8, 4) is 0 Å². The van der Waals surface area contributed by atoms with Gasteiger partial charge in [-0.05, 0) is 19.1 Å². The lowest BCUT2D eigenvalue weighted by Gasteiger charge is -2.27. The van der Waals surface area contributed by atoms with Crippen LogP contribution in [0.1, 0.15) is 32.6 Å². The smallest absolute Gasteiger partial charge is 0.308 e. The maximum absolute atomic E-state index is 11.7. The number of carbonyl (C=O) groups is 1. The molecular formula is C16H22N4O5. The van der Waals surface area contributed by atoms with Crippen LogP contribution < -0.4 is 5.73 Å².